The summed E-state index contributed by atoms with van der Waals surface area (Å²) in [6.07, 6.45) is 3.87. The topological polar surface area (TPSA) is 41.4 Å². The normalized spacial score (nSPS) is 20.7. The number of aromatic nitrogens is 2. The molecule has 1 atom stereocenters. The Bertz CT molecular complexity index is 907. The van der Waals surface area contributed by atoms with E-state index in [-0.39, 0.29) is 17.5 Å². The number of fused-ring (bicyclic) bond motifs is 2. The fourth-order valence-corrected chi connectivity index (χ4v) is 3.93. The first-order valence-electron chi connectivity index (χ1n) is 7.53. The van der Waals surface area contributed by atoms with Crippen LogP contribution in [0.15, 0.2) is 16.9 Å². The van der Waals surface area contributed by atoms with Gasteiger partial charge < -0.3 is 9.80 Å². The predicted molar refractivity (Wildman–Crippen MR) is 97.8 cm³/mol. The lowest BCUT2D eigenvalue weighted by Crippen LogP contribution is -2.51. The molecule has 23 heavy (non-hydrogen) atoms. The molecule has 0 amide bonds. The van der Waals surface area contributed by atoms with Crippen molar-refractivity contribution in [1.29, 1.82) is 0 Å². The van der Waals surface area contributed by atoms with E-state index in [1.54, 1.807) is 13.0 Å². The summed E-state index contributed by atoms with van der Waals surface area (Å²) >= 11 is 1.94. The summed E-state index contributed by atoms with van der Waals surface area (Å²) in [6.45, 7) is 4.23. The quantitative estimate of drug-likeness (QED) is 0.606. The number of hydrogen-bond acceptors (Lipinski definition) is 4. The molecule has 1 fully saturated rings. The summed E-state index contributed by atoms with van der Waals surface area (Å²) in [7, 11) is 2.07. The van der Waals surface area contributed by atoms with Crippen LogP contribution in [-0.4, -0.2) is 45.4 Å². The van der Waals surface area contributed by atoms with Crippen LogP contribution in [0.1, 0.15) is 11.1 Å². The van der Waals surface area contributed by atoms with Crippen LogP contribution in [0, 0.1) is 12.7 Å². The van der Waals surface area contributed by atoms with Crippen molar-refractivity contribution in [2.24, 2.45) is 0 Å². The molecular formula is C16H16FIN4O. The number of hydrogen-bond donors (Lipinski definition) is 0. The molecule has 7 heteroatoms. The Hall–Kier alpha value is -1.48. The van der Waals surface area contributed by atoms with Crippen molar-refractivity contribution in [2.75, 3.05) is 31.6 Å². The van der Waals surface area contributed by atoms with E-state index in [2.05, 4.69) is 21.8 Å². The highest BCUT2D eigenvalue weighted by atomic mass is 127. The Kier molecular flexibility index (Phi) is 3.45. The zero-order valence-corrected chi connectivity index (χ0v) is 15.0. The van der Waals surface area contributed by atoms with Gasteiger partial charge in [0, 0.05) is 25.2 Å². The first-order chi connectivity index (χ1) is 11.0. The molecule has 2 aromatic rings. The summed E-state index contributed by atoms with van der Waals surface area (Å²) in [5, 5.41) is 0.727. The Morgan fingerprint density at radius 2 is 2.17 bits per heavy atom. The van der Waals surface area contributed by atoms with E-state index in [9.17, 15) is 9.18 Å². The minimum Gasteiger partial charge on any atom is -0.347 e. The Labute approximate surface area is 146 Å². The van der Waals surface area contributed by atoms with Crippen LogP contribution in [0.3, 0.4) is 0 Å². The van der Waals surface area contributed by atoms with Gasteiger partial charge in [0.25, 0.3) is 0 Å². The zero-order chi connectivity index (χ0) is 16.3. The van der Waals surface area contributed by atoms with Gasteiger partial charge in [-0.15, -0.1) is 0 Å². The van der Waals surface area contributed by atoms with E-state index in [0.29, 0.717) is 16.9 Å². The third kappa shape index (κ3) is 2.20. The van der Waals surface area contributed by atoms with Crippen LogP contribution >= 0.6 is 22.9 Å². The number of piperazine rings is 1. The molecular weight excluding hydrogens is 410 g/mol. The van der Waals surface area contributed by atoms with Crippen LogP contribution < -0.4 is 10.6 Å². The van der Waals surface area contributed by atoms with Crippen molar-refractivity contribution in [3.8, 4) is 0 Å². The number of benzene rings is 1. The molecule has 4 rings (SSSR count). The van der Waals surface area contributed by atoms with E-state index in [1.807, 2.05) is 35.0 Å². The fourth-order valence-electron chi connectivity index (χ4n) is 3.44. The highest BCUT2D eigenvalue weighted by molar-refractivity contribution is 14.1. The van der Waals surface area contributed by atoms with Gasteiger partial charge in [0.2, 0.25) is 0 Å². The second-order valence-electron chi connectivity index (χ2n) is 6.20. The summed E-state index contributed by atoms with van der Waals surface area (Å²) in [5.41, 5.74) is 1.48. The van der Waals surface area contributed by atoms with Gasteiger partial charge in [0.1, 0.15) is 11.6 Å². The molecule has 0 N–H and O–H groups in total. The second kappa shape index (κ2) is 5.27. The van der Waals surface area contributed by atoms with Crippen molar-refractivity contribution in [2.45, 2.75) is 13.0 Å². The van der Waals surface area contributed by atoms with Crippen molar-refractivity contribution in [1.82, 2.24) is 12.7 Å². The van der Waals surface area contributed by atoms with Gasteiger partial charge in [0.05, 0.1) is 39.8 Å². The van der Waals surface area contributed by atoms with Gasteiger partial charge >= 0.3 is 5.69 Å². The van der Waals surface area contributed by atoms with Gasteiger partial charge in [-0.1, -0.05) is 12.2 Å². The number of halogens is 2. The molecule has 1 aromatic carbocycles. The van der Waals surface area contributed by atoms with E-state index in [1.165, 1.54) is 2.78 Å². The number of anilines is 1. The van der Waals surface area contributed by atoms with Gasteiger partial charge in [-0.2, -0.15) is 4.98 Å². The van der Waals surface area contributed by atoms with Crippen LogP contribution in [-0.2, 0) is 0 Å². The van der Waals surface area contributed by atoms with Crippen molar-refractivity contribution >= 4 is 45.7 Å². The van der Waals surface area contributed by atoms with E-state index in [0.717, 1.165) is 30.5 Å². The standard InChI is InChI=1S/C16H16FIN4O/c1-9-7-12-13-11(14(9)17)4-3-10-8-20(2)5-6-21(10)15(13)19-16(23)22(12)18/h3-4,7,10H,5-6,8H2,1-2H3. The minimum absolute atomic E-state index is 0.0982. The Morgan fingerprint density at radius 3 is 2.96 bits per heavy atom. The maximum absolute atomic E-state index is 14.7. The second-order valence-corrected chi connectivity index (χ2v) is 7.16. The van der Waals surface area contributed by atoms with Gasteiger partial charge in [-0.3, -0.25) is 0 Å². The molecule has 0 saturated carbocycles. The number of rotatable bonds is 0. The molecule has 0 spiro atoms. The SMILES string of the molecule is Cc1cc2c3c(nc(=O)n2I)N2CCN(C)CC2C=Cc3c1F. The van der Waals surface area contributed by atoms with Gasteiger partial charge in [0.15, 0.2) is 0 Å². The van der Waals surface area contributed by atoms with Gasteiger partial charge in [-0.05, 0) is 25.6 Å². The summed E-state index contributed by atoms with van der Waals surface area (Å²) in [4.78, 5) is 20.9. The molecule has 5 nitrogen and oxygen atoms in total. The molecule has 0 aliphatic carbocycles. The number of aryl methyl sites for hydroxylation is 1. The third-order valence-corrected chi connectivity index (χ3v) is 5.58. The lowest BCUT2D eigenvalue weighted by Gasteiger charge is -2.39. The molecule has 2 aliphatic heterocycles. The fraction of sp³-hybridized carbons (Fsp3) is 0.375. The zero-order valence-electron chi connectivity index (χ0n) is 12.9. The van der Waals surface area contributed by atoms with Crippen molar-refractivity contribution in [3.05, 3.63) is 39.6 Å². The average molecular weight is 426 g/mol. The summed E-state index contributed by atoms with van der Waals surface area (Å²) in [6, 6.07) is 1.83. The predicted octanol–water partition coefficient (Wildman–Crippen LogP) is 2.19. The van der Waals surface area contributed by atoms with E-state index >= 15 is 0 Å². The average Bonchev–Trinajstić information content (AvgIpc) is 2.67. The highest BCUT2D eigenvalue weighted by Crippen LogP contribution is 2.36. The first kappa shape index (κ1) is 15.1. The molecule has 120 valence electrons. The van der Waals surface area contributed by atoms with Crippen LogP contribution in [0.5, 0.6) is 0 Å². The molecule has 2 aliphatic rings. The first-order valence-corrected chi connectivity index (χ1v) is 8.49. The van der Waals surface area contributed by atoms with Gasteiger partial charge in [-0.25, -0.2) is 12.0 Å². The van der Waals surface area contributed by atoms with Crippen molar-refractivity contribution in [3.63, 3.8) is 0 Å². The lowest BCUT2D eigenvalue weighted by molar-refractivity contribution is 0.287. The monoisotopic (exact) mass is 426 g/mol. The Morgan fingerprint density at radius 1 is 1.39 bits per heavy atom. The maximum atomic E-state index is 14.7. The molecule has 0 radical (unpaired) electrons. The lowest BCUT2D eigenvalue weighted by atomic mass is 10.0. The molecule has 3 heterocycles. The molecule has 1 aromatic heterocycles. The molecule has 0 bridgehead atoms. The number of nitrogens with zero attached hydrogens (tertiary/aromatic N) is 4. The minimum atomic E-state index is -0.315. The largest absolute Gasteiger partial charge is 0.359 e. The van der Waals surface area contributed by atoms with Crippen LogP contribution in [0.2, 0.25) is 0 Å². The smallest absolute Gasteiger partial charge is 0.347 e. The van der Waals surface area contributed by atoms with Crippen LogP contribution in [0.4, 0.5) is 10.2 Å². The van der Waals surface area contributed by atoms with Crippen molar-refractivity contribution < 1.29 is 4.39 Å². The van der Waals surface area contributed by atoms with Crippen LogP contribution in [0.25, 0.3) is 17.0 Å². The number of likely N-dealkylation sites (N-methyl/N-ethyl adjacent to an activating group) is 1. The Balaban J connectivity index is 2.11. The highest BCUT2D eigenvalue weighted by Gasteiger charge is 2.30. The summed E-state index contributed by atoms with van der Waals surface area (Å²) < 4.78 is 16.2. The summed E-state index contributed by atoms with van der Waals surface area (Å²) in [5.74, 6) is 0.370. The maximum Gasteiger partial charge on any atom is 0.359 e. The van der Waals surface area contributed by atoms with E-state index in [4.69, 9.17) is 0 Å². The molecule has 1 saturated heterocycles. The third-order valence-electron chi connectivity index (χ3n) is 4.64. The molecule has 1 unspecified atom stereocenters. The van der Waals surface area contributed by atoms with E-state index < -0.39 is 0 Å².